The van der Waals surface area contributed by atoms with Crippen molar-refractivity contribution in [3.63, 3.8) is 0 Å². The van der Waals surface area contributed by atoms with E-state index in [0.717, 1.165) is 17.7 Å². The molecule has 8 heteroatoms. The highest BCUT2D eigenvalue weighted by Gasteiger charge is 2.16. The molecule has 0 saturated carbocycles. The van der Waals surface area contributed by atoms with Gasteiger partial charge in [0, 0.05) is 25.1 Å². The van der Waals surface area contributed by atoms with Crippen molar-refractivity contribution >= 4 is 17.4 Å². The Morgan fingerprint density at radius 2 is 1.85 bits per heavy atom. The molecule has 0 aliphatic carbocycles. The number of carbonyl (C=O) groups excluding carboxylic acids is 1. The van der Waals surface area contributed by atoms with Gasteiger partial charge in [0.05, 0.1) is 11.3 Å². The number of nitrogens with one attached hydrogen (secondary N) is 2. The Labute approximate surface area is 146 Å². The first kappa shape index (κ1) is 17.4. The maximum absolute atomic E-state index is 13.6. The number of hydrogen-bond acceptors (Lipinski definition) is 4. The van der Waals surface area contributed by atoms with Gasteiger partial charge in [0.2, 0.25) is 0 Å². The van der Waals surface area contributed by atoms with E-state index >= 15 is 0 Å². The van der Waals surface area contributed by atoms with Gasteiger partial charge in [-0.15, -0.1) is 0 Å². The zero-order chi connectivity index (χ0) is 18.5. The van der Waals surface area contributed by atoms with Crippen LogP contribution in [0, 0.1) is 17.5 Å². The van der Waals surface area contributed by atoms with E-state index < -0.39 is 29.0 Å². The standard InChI is InChI=1S/C18H13F3N4O/c19-13-4-5-14(17(21)16(13)20)25-18(26)12-3-6-15(24-10-12)23-9-11-2-1-7-22-8-11/h1-8,10H,9H2,(H,23,24)(H,25,26). The van der Waals surface area contributed by atoms with Crippen LogP contribution in [0.25, 0.3) is 0 Å². The highest BCUT2D eigenvalue weighted by atomic mass is 19.2. The second-order valence-corrected chi connectivity index (χ2v) is 5.32. The van der Waals surface area contributed by atoms with E-state index in [4.69, 9.17) is 0 Å². The summed E-state index contributed by atoms with van der Waals surface area (Å²) in [6.07, 6.45) is 4.68. The van der Waals surface area contributed by atoms with Gasteiger partial charge >= 0.3 is 0 Å². The molecule has 1 aromatic carbocycles. The number of pyridine rings is 2. The average Bonchev–Trinajstić information content (AvgIpc) is 2.68. The van der Waals surface area contributed by atoms with E-state index in [1.807, 2.05) is 12.1 Å². The van der Waals surface area contributed by atoms with Crippen LogP contribution in [0.1, 0.15) is 15.9 Å². The predicted molar refractivity (Wildman–Crippen MR) is 90.1 cm³/mol. The molecule has 132 valence electrons. The summed E-state index contributed by atoms with van der Waals surface area (Å²) in [6.45, 7) is 0.506. The average molecular weight is 358 g/mol. The highest BCUT2D eigenvalue weighted by Crippen LogP contribution is 2.20. The van der Waals surface area contributed by atoms with Gasteiger partial charge in [-0.2, -0.15) is 0 Å². The summed E-state index contributed by atoms with van der Waals surface area (Å²) in [5, 5.41) is 5.25. The molecule has 0 spiro atoms. The Balaban J connectivity index is 1.64. The van der Waals surface area contributed by atoms with Crippen molar-refractivity contribution in [3.8, 4) is 0 Å². The molecular weight excluding hydrogens is 345 g/mol. The zero-order valence-corrected chi connectivity index (χ0v) is 13.3. The topological polar surface area (TPSA) is 66.9 Å². The number of amides is 1. The molecular formula is C18H13F3N4O. The third-order valence-corrected chi connectivity index (χ3v) is 3.51. The first-order valence-electron chi connectivity index (χ1n) is 7.58. The molecule has 3 aromatic rings. The van der Waals surface area contributed by atoms with Gasteiger partial charge in [0.15, 0.2) is 17.5 Å². The van der Waals surface area contributed by atoms with Crippen LogP contribution in [-0.4, -0.2) is 15.9 Å². The van der Waals surface area contributed by atoms with Crippen LogP contribution in [0.5, 0.6) is 0 Å². The first-order chi connectivity index (χ1) is 12.5. The fourth-order valence-corrected chi connectivity index (χ4v) is 2.14. The summed E-state index contributed by atoms with van der Waals surface area (Å²) < 4.78 is 39.7. The zero-order valence-electron chi connectivity index (χ0n) is 13.3. The van der Waals surface area contributed by atoms with Gasteiger partial charge in [0.1, 0.15) is 5.82 Å². The molecule has 1 amide bonds. The summed E-state index contributed by atoms with van der Waals surface area (Å²) in [5.41, 5.74) is 0.652. The lowest BCUT2D eigenvalue weighted by atomic mass is 10.2. The second-order valence-electron chi connectivity index (χ2n) is 5.32. The number of rotatable bonds is 5. The van der Waals surface area contributed by atoms with Crippen LogP contribution in [0.4, 0.5) is 24.7 Å². The summed E-state index contributed by atoms with van der Waals surface area (Å²) in [4.78, 5) is 20.2. The van der Waals surface area contributed by atoms with Crippen LogP contribution in [0.15, 0.2) is 55.0 Å². The van der Waals surface area contributed by atoms with E-state index in [1.54, 1.807) is 18.5 Å². The summed E-state index contributed by atoms with van der Waals surface area (Å²) in [6, 6.07) is 8.45. The van der Waals surface area contributed by atoms with Crippen molar-refractivity contribution in [3.05, 3.63) is 83.6 Å². The molecule has 0 saturated heterocycles. The van der Waals surface area contributed by atoms with Gasteiger partial charge in [-0.1, -0.05) is 6.07 Å². The van der Waals surface area contributed by atoms with Crippen LogP contribution in [0.2, 0.25) is 0 Å². The number of benzene rings is 1. The number of halogens is 3. The summed E-state index contributed by atoms with van der Waals surface area (Å²) in [7, 11) is 0. The van der Waals surface area contributed by atoms with Crippen molar-refractivity contribution in [2.24, 2.45) is 0 Å². The first-order valence-corrected chi connectivity index (χ1v) is 7.58. The van der Waals surface area contributed by atoms with Gasteiger partial charge in [0.25, 0.3) is 5.91 Å². The molecule has 0 radical (unpaired) electrons. The van der Waals surface area contributed by atoms with Gasteiger partial charge in [-0.25, -0.2) is 18.2 Å². The Bertz CT molecular complexity index is 918. The minimum Gasteiger partial charge on any atom is -0.366 e. The lowest BCUT2D eigenvalue weighted by Gasteiger charge is -2.08. The third-order valence-electron chi connectivity index (χ3n) is 3.51. The third kappa shape index (κ3) is 3.97. The molecule has 2 N–H and O–H groups in total. The molecule has 2 aromatic heterocycles. The van der Waals surface area contributed by atoms with E-state index in [1.165, 1.54) is 12.3 Å². The van der Waals surface area contributed by atoms with Crippen molar-refractivity contribution in [1.29, 1.82) is 0 Å². The Kier molecular flexibility index (Phi) is 5.12. The van der Waals surface area contributed by atoms with E-state index in [9.17, 15) is 18.0 Å². The highest BCUT2D eigenvalue weighted by molar-refractivity contribution is 6.04. The molecule has 0 bridgehead atoms. The van der Waals surface area contributed by atoms with Gasteiger partial charge < -0.3 is 10.6 Å². The number of carbonyl (C=O) groups is 1. The van der Waals surface area contributed by atoms with Crippen LogP contribution in [-0.2, 0) is 6.54 Å². The summed E-state index contributed by atoms with van der Waals surface area (Å²) in [5.74, 6) is -4.59. The molecule has 0 unspecified atom stereocenters. The van der Waals surface area contributed by atoms with E-state index in [-0.39, 0.29) is 5.56 Å². The molecule has 0 fully saturated rings. The monoisotopic (exact) mass is 358 g/mol. The van der Waals surface area contributed by atoms with E-state index in [0.29, 0.717) is 12.4 Å². The number of anilines is 2. The Morgan fingerprint density at radius 1 is 1.00 bits per heavy atom. The lowest BCUT2D eigenvalue weighted by molar-refractivity contribution is 0.102. The lowest BCUT2D eigenvalue weighted by Crippen LogP contribution is -2.14. The van der Waals surface area contributed by atoms with Crippen LogP contribution < -0.4 is 10.6 Å². The molecule has 2 heterocycles. The molecule has 5 nitrogen and oxygen atoms in total. The fraction of sp³-hybridized carbons (Fsp3) is 0.0556. The van der Waals surface area contributed by atoms with Crippen LogP contribution in [0.3, 0.4) is 0 Å². The van der Waals surface area contributed by atoms with Crippen molar-refractivity contribution in [1.82, 2.24) is 9.97 Å². The smallest absolute Gasteiger partial charge is 0.257 e. The fourth-order valence-electron chi connectivity index (χ4n) is 2.14. The maximum Gasteiger partial charge on any atom is 0.257 e. The quantitative estimate of drug-likeness (QED) is 0.682. The second kappa shape index (κ2) is 7.64. The number of aromatic nitrogens is 2. The molecule has 0 aliphatic heterocycles. The maximum atomic E-state index is 13.6. The SMILES string of the molecule is O=C(Nc1ccc(F)c(F)c1F)c1ccc(NCc2cccnc2)nc1. The molecule has 3 rings (SSSR count). The summed E-state index contributed by atoms with van der Waals surface area (Å²) >= 11 is 0. The molecule has 26 heavy (non-hydrogen) atoms. The minimum absolute atomic E-state index is 0.140. The van der Waals surface area contributed by atoms with Gasteiger partial charge in [-0.3, -0.25) is 9.78 Å². The van der Waals surface area contributed by atoms with Gasteiger partial charge in [-0.05, 0) is 35.9 Å². The van der Waals surface area contributed by atoms with Crippen molar-refractivity contribution in [2.45, 2.75) is 6.54 Å². The Hall–Kier alpha value is -3.42. The van der Waals surface area contributed by atoms with Crippen molar-refractivity contribution in [2.75, 3.05) is 10.6 Å². The predicted octanol–water partition coefficient (Wildman–Crippen LogP) is 3.76. The molecule has 0 atom stereocenters. The van der Waals surface area contributed by atoms with Crippen LogP contribution >= 0.6 is 0 Å². The van der Waals surface area contributed by atoms with Crippen molar-refractivity contribution < 1.29 is 18.0 Å². The normalized spacial score (nSPS) is 10.4. The number of nitrogens with zero attached hydrogens (tertiary/aromatic N) is 2. The Morgan fingerprint density at radius 3 is 2.54 bits per heavy atom. The van der Waals surface area contributed by atoms with E-state index in [2.05, 4.69) is 20.6 Å². The largest absolute Gasteiger partial charge is 0.366 e. The number of hydrogen-bond donors (Lipinski definition) is 2. The molecule has 0 aliphatic rings. The minimum atomic E-state index is -1.64.